The Morgan fingerprint density at radius 1 is 1.10 bits per heavy atom. The summed E-state index contributed by atoms with van der Waals surface area (Å²) in [6.45, 7) is 8.14. The van der Waals surface area contributed by atoms with Crippen molar-refractivity contribution < 1.29 is 0 Å². The van der Waals surface area contributed by atoms with E-state index in [4.69, 9.17) is 10.7 Å². The smallest absolute Gasteiger partial charge is 0.129 e. The number of benzene rings is 1. The van der Waals surface area contributed by atoms with Gasteiger partial charge in [-0.15, -0.1) is 0 Å². The lowest BCUT2D eigenvalue weighted by Gasteiger charge is -2.35. The number of piperazine rings is 1. The van der Waals surface area contributed by atoms with Crippen LogP contribution >= 0.6 is 0 Å². The van der Waals surface area contributed by atoms with Crippen LogP contribution in [0, 0.1) is 0 Å². The number of hydrogen-bond acceptors (Lipinski definition) is 4. The lowest BCUT2D eigenvalue weighted by Crippen LogP contribution is -2.48. The van der Waals surface area contributed by atoms with E-state index in [-0.39, 0.29) is 0 Å². The quantitative estimate of drug-likeness (QED) is 0.931. The molecule has 1 aliphatic heterocycles. The van der Waals surface area contributed by atoms with E-state index in [0.717, 1.165) is 57.0 Å². The van der Waals surface area contributed by atoms with E-state index in [9.17, 15) is 0 Å². The van der Waals surface area contributed by atoms with E-state index < -0.39 is 0 Å². The second-order valence-corrected chi connectivity index (χ2v) is 5.67. The summed E-state index contributed by atoms with van der Waals surface area (Å²) >= 11 is 0. The maximum absolute atomic E-state index is 5.62. The van der Waals surface area contributed by atoms with Gasteiger partial charge in [-0.3, -0.25) is 4.90 Å². The minimum absolute atomic E-state index is 0.744. The Bertz CT molecular complexity index is 603. The minimum Gasteiger partial charge on any atom is -0.354 e. The van der Waals surface area contributed by atoms with Gasteiger partial charge in [0.15, 0.2) is 0 Å². The van der Waals surface area contributed by atoms with E-state index in [0.29, 0.717) is 0 Å². The summed E-state index contributed by atoms with van der Waals surface area (Å²) in [4.78, 5) is 9.62. The van der Waals surface area contributed by atoms with Crippen LogP contribution in [0.3, 0.4) is 0 Å². The van der Waals surface area contributed by atoms with E-state index in [1.165, 1.54) is 10.9 Å². The van der Waals surface area contributed by atoms with Crippen molar-refractivity contribution in [3.8, 4) is 0 Å². The van der Waals surface area contributed by atoms with Crippen molar-refractivity contribution in [2.75, 3.05) is 44.2 Å². The molecule has 0 aliphatic carbocycles. The first-order chi connectivity index (χ1) is 10.3. The van der Waals surface area contributed by atoms with E-state index >= 15 is 0 Å². The zero-order valence-corrected chi connectivity index (χ0v) is 12.8. The number of aromatic nitrogens is 1. The topological polar surface area (TPSA) is 45.4 Å². The fourth-order valence-electron chi connectivity index (χ4n) is 2.94. The standard InChI is InChI=1S/C17H24N4/c1-2-14-3-5-16-15(13-14)4-6-17(19-16)21-11-9-20(8-7-18)10-12-21/h3-6,13H,2,7-12,18H2,1H3. The van der Waals surface area contributed by atoms with Crippen LogP contribution in [-0.2, 0) is 6.42 Å². The Kier molecular flexibility index (Phi) is 4.36. The van der Waals surface area contributed by atoms with Gasteiger partial charge < -0.3 is 10.6 Å². The van der Waals surface area contributed by atoms with Gasteiger partial charge >= 0.3 is 0 Å². The van der Waals surface area contributed by atoms with Crippen LogP contribution in [0.5, 0.6) is 0 Å². The first-order valence-corrected chi connectivity index (χ1v) is 7.87. The molecule has 1 aromatic heterocycles. The van der Waals surface area contributed by atoms with Crippen LogP contribution < -0.4 is 10.6 Å². The lowest BCUT2D eigenvalue weighted by atomic mass is 10.1. The third-order valence-electron chi connectivity index (χ3n) is 4.29. The van der Waals surface area contributed by atoms with E-state index in [2.05, 4.69) is 47.1 Å². The minimum atomic E-state index is 0.744. The highest BCUT2D eigenvalue weighted by Crippen LogP contribution is 2.20. The summed E-state index contributed by atoms with van der Waals surface area (Å²) in [5.41, 5.74) is 8.08. The number of aryl methyl sites for hydroxylation is 1. The zero-order valence-electron chi connectivity index (χ0n) is 12.8. The number of anilines is 1. The molecular weight excluding hydrogens is 260 g/mol. The SMILES string of the molecule is CCc1ccc2nc(N3CCN(CCN)CC3)ccc2c1. The van der Waals surface area contributed by atoms with Gasteiger partial charge in [-0.25, -0.2) is 4.98 Å². The van der Waals surface area contributed by atoms with Crippen molar-refractivity contribution in [1.29, 1.82) is 0 Å². The molecule has 0 unspecified atom stereocenters. The molecule has 1 fully saturated rings. The second-order valence-electron chi connectivity index (χ2n) is 5.67. The van der Waals surface area contributed by atoms with Gasteiger partial charge in [-0.1, -0.05) is 13.0 Å². The second kappa shape index (κ2) is 6.41. The molecule has 4 nitrogen and oxygen atoms in total. The van der Waals surface area contributed by atoms with Gasteiger partial charge in [-0.05, 0) is 36.2 Å². The Hall–Kier alpha value is -1.65. The number of rotatable bonds is 4. The number of pyridine rings is 1. The molecule has 4 heteroatoms. The molecule has 1 aliphatic rings. The van der Waals surface area contributed by atoms with Gasteiger partial charge in [0, 0.05) is 44.7 Å². The van der Waals surface area contributed by atoms with Gasteiger partial charge in [0.1, 0.15) is 5.82 Å². The molecule has 1 saturated heterocycles. The molecule has 2 heterocycles. The van der Waals surface area contributed by atoms with Gasteiger partial charge in [0.05, 0.1) is 5.52 Å². The summed E-state index contributed by atoms with van der Waals surface area (Å²) in [6.07, 6.45) is 1.07. The van der Waals surface area contributed by atoms with Crippen molar-refractivity contribution in [2.24, 2.45) is 5.73 Å². The highest BCUT2D eigenvalue weighted by molar-refractivity contribution is 5.81. The summed E-state index contributed by atoms with van der Waals surface area (Å²) in [7, 11) is 0. The normalized spacial score (nSPS) is 16.6. The van der Waals surface area contributed by atoms with Gasteiger partial charge in [-0.2, -0.15) is 0 Å². The van der Waals surface area contributed by atoms with Crippen molar-refractivity contribution >= 4 is 16.7 Å². The van der Waals surface area contributed by atoms with Crippen LogP contribution in [0.2, 0.25) is 0 Å². The first kappa shape index (κ1) is 14.3. The molecule has 0 radical (unpaired) electrons. The van der Waals surface area contributed by atoms with Crippen molar-refractivity contribution in [1.82, 2.24) is 9.88 Å². The highest BCUT2D eigenvalue weighted by Gasteiger charge is 2.17. The predicted molar refractivity (Wildman–Crippen MR) is 88.8 cm³/mol. The maximum atomic E-state index is 5.62. The monoisotopic (exact) mass is 284 g/mol. The molecule has 0 atom stereocenters. The molecule has 2 N–H and O–H groups in total. The lowest BCUT2D eigenvalue weighted by molar-refractivity contribution is 0.264. The number of fused-ring (bicyclic) bond motifs is 1. The van der Waals surface area contributed by atoms with Crippen LogP contribution in [0.4, 0.5) is 5.82 Å². The highest BCUT2D eigenvalue weighted by atomic mass is 15.3. The van der Waals surface area contributed by atoms with Crippen LogP contribution in [0.1, 0.15) is 12.5 Å². The Morgan fingerprint density at radius 3 is 2.62 bits per heavy atom. The molecule has 0 saturated carbocycles. The summed E-state index contributed by atoms with van der Waals surface area (Å²) < 4.78 is 0. The Morgan fingerprint density at radius 2 is 1.90 bits per heavy atom. The molecule has 1 aromatic carbocycles. The van der Waals surface area contributed by atoms with Crippen LogP contribution in [0.15, 0.2) is 30.3 Å². The third kappa shape index (κ3) is 3.17. The Labute approximate surface area is 126 Å². The summed E-state index contributed by atoms with van der Waals surface area (Å²) in [5, 5.41) is 1.24. The largest absolute Gasteiger partial charge is 0.354 e. The van der Waals surface area contributed by atoms with Crippen molar-refractivity contribution in [3.63, 3.8) is 0 Å². The fourth-order valence-corrected chi connectivity index (χ4v) is 2.94. The fraction of sp³-hybridized carbons (Fsp3) is 0.471. The molecule has 0 amide bonds. The molecule has 2 aromatic rings. The van der Waals surface area contributed by atoms with Crippen molar-refractivity contribution in [3.05, 3.63) is 35.9 Å². The first-order valence-electron chi connectivity index (χ1n) is 7.87. The Balaban J connectivity index is 1.76. The average molecular weight is 284 g/mol. The zero-order chi connectivity index (χ0) is 14.7. The molecule has 21 heavy (non-hydrogen) atoms. The number of hydrogen-bond donors (Lipinski definition) is 1. The number of nitrogens with zero attached hydrogens (tertiary/aromatic N) is 3. The predicted octanol–water partition coefficient (Wildman–Crippen LogP) is 1.88. The molecule has 112 valence electrons. The third-order valence-corrected chi connectivity index (χ3v) is 4.29. The molecule has 0 spiro atoms. The van der Waals surface area contributed by atoms with Crippen LogP contribution in [0.25, 0.3) is 10.9 Å². The van der Waals surface area contributed by atoms with Gasteiger partial charge in [0.2, 0.25) is 0 Å². The summed E-state index contributed by atoms with van der Waals surface area (Å²) in [5.74, 6) is 1.10. The molecule has 3 rings (SSSR count). The van der Waals surface area contributed by atoms with Crippen molar-refractivity contribution in [2.45, 2.75) is 13.3 Å². The van der Waals surface area contributed by atoms with Crippen LogP contribution in [-0.4, -0.2) is 49.2 Å². The maximum Gasteiger partial charge on any atom is 0.129 e. The van der Waals surface area contributed by atoms with E-state index in [1.807, 2.05) is 0 Å². The van der Waals surface area contributed by atoms with E-state index in [1.54, 1.807) is 0 Å². The average Bonchev–Trinajstić information content (AvgIpc) is 2.55. The molecular formula is C17H24N4. The molecule has 0 bridgehead atoms. The summed E-state index contributed by atoms with van der Waals surface area (Å²) in [6, 6.07) is 10.9. The van der Waals surface area contributed by atoms with Gasteiger partial charge in [0.25, 0.3) is 0 Å². The number of nitrogens with two attached hydrogens (primary N) is 1.